The molecule has 0 bridgehead atoms. The molecule has 2 aliphatic rings. The maximum Gasteiger partial charge on any atom is 0.239 e. The number of halogens is 1. The van der Waals surface area contributed by atoms with Crippen molar-refractivity contribution in [3.8, 4) is 5.75 Å². The number of carbonyl (C=O) groups excluding carboxylic acids is 1. The van der Waals surface area contributed by atoms with Crippen molar-refractivity contribution in [2.75, 3.05) is 52.4 Å². The van der Waals surface area contributed by atoms with E-state index in [2.05, 4.69) is 28.5 Å². The highest BCUT2D eigenvalue weighted by Crippen LogP contribution is 2.23. The molecule has 3 rings (SSSR count). The third-order valence-corrected chi connectivity index (χ3v) is 6.22. The van der Waals surface area contributed by atoms with Crippen LogP contribution in [0.4, 0.5) is 0 Å². The fourth-order valence-corrected chi connectivity index (χ4v) is 4.06. The number of ether oxygens (including phenoxy) is 1. The van der Waals surface area contributed by atoms with Gasteiger partial charge in [0.05, 0.1) is 11.1 Å². The van der Waals surface area contributed by atoms with Gasteiger partial charge in [-0.05, 0) is 37.8 Å². The van der Waals surface area contributed by atoms with Crippen LogP contribution in [0.5, 0.6) is 5.75 Å². The standard InChI is InChI=1S/C21H32ClN3O2/c1-17-7-9-25(10-8-17)21(26)18(2)24-13-11-23(12-14-24)15-16-27-20-6-4-3-5-19(20)22/h3-6,17-18H,7-16H2,1-2H3. The molecule has 0 aliphatic carbocycles. The molecule has 1 aromatic rings. The van der Waals surface area contributed by atoms with E-state index in [0.29, 0.717) is 17.5 Å². The smallest absolute Gasteiger partial charge is 0.239 e. The van der Waals surface area contributed by atoms with Crippen molar-refractivity contribution in [3.05, 3.63) is 29.3 Å². The summed E-state index contributed by atoms with van der Waals surface area (Å²) in [5.74, 6) is 1.80. The van der Waals surface area contributed by atoms with E-state index in [-0.39, 0.29) is 6.04 Å². The molecule has 2 fully saturated rings. The highest BCUT2D eigenvalue weighted by atomic mass is 35.5. The van der Waals surface area contributed by atoms with Gasteiger partial charge in [-0.3, -0.25) is 14.6 Å². The van der Waals surface area contributed by atoms with E-state index < -0.39 is 0 Å². The zero-order valence-electron chi connectivity index (χ0n) is 16.6. The Labute approximate surface area is 168 Å². The van der Waals surface area contributed by atoms with Crippen LogP contribution in [0, 0.1) is 5.92 Å². The van der Waals surface area contributed by atoms with Gasteiger partial charge in [-0.15, -0.1) is 0 Å². The maximum absolute atomic E-state index is 12.8. The summed E-state index contributed by atoms with van der Waals surface area (Å²) < 4.78 is 5.79. The number of amides is 1. The van der Waals surface area contributed by atoms with Crippen molar-refractivity contribution in [3.63, 3.8) is 0 Å². The lowest BCUT2D eigenvalue weighted by Gasteiger charge is -2.40. The molecule has 150 valence electrons. The molecule has 1 amide bonds. The molecule has 2 heterocycles. The minimum atomic E-state index is -0.0140. The van der Waals surface area contributed by atoms with Crippen LogP contribution in [0.25, 0.3) is 0 Å². The number of piperazine rings is 1. The molecule has 0 N–H and O–H groups in total. The lowest BCUT2D eigenvalue weighted by atomic mass is 9.98. The van der Waals surface area contributed by atoms with E-state index in [1.165, 1.54) is 0 Å². The van der Waals surface area contributed by atoms with E-state index in [1.54, 1.807) is 0 Å². The number of hydrogen-bond donors (Lipinski definition) is 0. The molecule has 0 saturated carbocycles. The predicted octanol–water partition coefficient (Wildman–Crippen LogP) is 2.98. The van der Waals surface area contributed by atoms with Crippen molar-refractivity contribution in [1.29, 1.82) is 0 Å². The van der Waals surface area contributed by atoms with Crippen LogP contribution in [-0.4, -0.2) is 79.1 Å². The Balaban J connectivity index is 1.38. The molecule has 1 unspecified atom stereocenters. The van der Waals surface area contributed by atoms with Gasteiger partial charge in [0.25, 0.3) is 0 Å². The summed E-state index contributed by atoms with van der Waals surface area (Å²) in [6.07, 6.45) is 2.27. The number of benzene rings is 1. The molecule has 1 atom stereocenters. The van der Waals surface area contributed by atoms with Gasteiger partial charge in [-0.1, -0.05) is 30.7 Å². The lowest BCUT2D eigenvalue weighted by Crippen LogP contribution is -2.55. The fourth-order valence-electron chi connectivity index (χ4n) is 3.87. The van der Waals surface area contributed by atoms with E-state index in [0.717, 1.165) is 70.3 Å². The zero-order chi connectivity index (χ0) is 19.2. The lowest BCUT2D eigenvalue weighted by molar-refractivity contribution is -0.138. The summed E-state index contributed by atoms with van der Waals surface area (Å²) in [6.45, 7) is 11.5. The van der Waals surface area contributed by atoms with E-state index in [9.17, 15) is 4.79 Å². The monoisotopic (exact) mass is 393 g/mol. The van der Waals surface area contributed by atoms with Crippen molar-refractivity contribution in [2.24, 2.45) is 5.92 Å². The maximum atomic E-state index is 12.8. The van der Waals surface area contributed by atoms with Gasteiger partial charge in [-0.2, -0.15) is 0 Å². The first-order chi connectivity index (χ1) is 13.0. The normalized spacial score (nSPS) is 21.2. The first-order valence-electron chi connectivity index (χ1n) is 10.2. The van der Waals surface area contributed by atoms with Crippen LogP contribution in [0.15, 0.2) is 24.3 Å². The summed E-state index contributed by atoms with van der Waals surface area (Å²) in [4.78, 5) is 19.6. The van der Waals surface area contributed by atoms with Gasteiger partial charge in [-0.25, -0.2) is 0 Å². The Bertz CT molecular complexity index is 611. The van der Waals surface area contributed by atoms with Gasteiger partial charge < -0.3 is 9.64 Å². The molecule has 1 aromatic carbocycles. The number of carbonyl (C=O) groups is 1. The van der Waals surface area contributed by atoms with Crippen LogP contribution < -0.4 is 4.74 Å². The molecule has 5 nitrogen and oxygen atoms in total. The molecule has 27 heavy (non-hydrogen) atoms. The minimum absolute atomic E-state index is 0.0140. The average Bonchev–Trinajstić information content (AvgIpc) is 2.69. The van der Waals surface area contributed by atoms with Crippen LogP contribution in [0.3, 0.4) is 0 Å². The third-order valence-electron chi connectivity index (χ3n) is 5.91. The molecule has 2 saturated heterocycles. The second kappa shape index (κ2) is 9.76. The highest BCUT2D eigenvalue weighted by Gasteiger charge is 2.30. The Morgan fingerprint density at radius 3 is 2.48 bits per heavy atom. The van der Waals surface area contributed by atoms with E-state index in [4.69, 9.17) is 16.3 Å². The molecular formula is C21H32ClN3O2. The van der Waals surface area contributed by atoms with Gasteiger partial charge >= 0.3 is 0 Å². The molecule has 2 aliphatic heterocycles. The van der Waals surface area contributed by atoms with E-state index in [1.807, 2.05) is 24.3 Å². The number of piperidine rings is 1. The Kier molecular flexibility index (Phi) is 7.39. The highest BCUT2D eigenvalue weighted by molar-refractivity contribution is 6.32. The number of nitrogens with zero attached hydrogens (tertiary/aromatic N) is 3. The summed E-state index contributed by atoms with van der Waals surface area (Å²) in [6, 6.07) is 7.56. The quantitative estimate of drug-likeness (QED) is 0.744. The molecule has 6 heteroatoms. The second-order valence-electron chi connectivity index (χ2n) is 7.84. The second-order valence-corrected chi connectivity index (χ2v) is 8.25. The molecule has 0 radical (unpaired) electrons. The van der Waals surface area contributed by atoms with Crippen molar-refractivity contribution in [2.45, 2.75) is 32.7 Å². The van der Waals surface area contributed by atoms with Gasteiger partial charge in [0.1, 0.15) is 12.4 Å². The zero-order valence-corrected chi connectivity index (χ0v) is 17.3. The fraction of sp³-hybridized carbons (Fsp3) is 0.667. The summed E-state index contributed by atoms with van der Waals surface area (Å²) >= 11 is 6.12. The molecule has 0 spiro atoms. The van der Waals surface area contributed by atoms with Crippen LogP contribution in [0.1, 0.15) is 26.7 Å². The van der Waals surface area contributed by atoms with Gasteiger partial charge in [0.2, 0.25) is 5.91 Å². The Morgan fingerprint density at radius 2 is 1.81 bits per heavy atom. The number of para-hydroxylation sites is 1. The summed E-state index contributed by atoms with van der Waals surface area (Å²) in [5, 5.41) is 0.654. The molecular weight excluding hydrogens is 362 g/mol. The summed E-state index contributed by atoms with van der Waals surface area (Å²) in [7, 11) is 0. The minimum Gasteiger partial charge on any atom is -0.491 e. The SMILES string of the molecule is CC1CCN(C(=O)C(C)N2CCN(CCOc3ccccc3Cl)CC2)CC1. The first kappa shape index (κ1) is 20.4. The number of rotatable bonds is 6. The number of hydrogen-bond acceptors (Lipinski definition) is 4. The predicted molar refractivity (Wildman–Crippen MR) is 109 cm³/mol. The topological polar surface area (TPSA) is 36.0 Å². The van der Waals surface area contributed by atoms with E-state index >= 15 is 0 Å². The van der Waals surface area contributed by atoms with Crippen molar-refractivity contribution >= 4 is 17.5 Å². The largest absolute Gasteiger partial charge is 0.491 e. The van der Waals surface area contributed by atoms with Crippen molar-refractivity contribution in [1.82, 2.24) is 14.7 Å². The van der Waals surface area contributed by atoms with Crippen molar-refractivity contribution < 1.29 is 9.53 Å². The van der Waals surface area contributed by atoms with Crippen LogP contribution in [-0.2, 0) is 4.79 Å². The summed E-state index contributed by atoms with van der Waals surface area (Å²) in [5.41, 5.74) is 0. The molecule has 0 aromatic heterocycles. The third kappa shape index (κ3) is 5.59. The Hall–Kier alpha value is -1.30. The number of likely N-dealkylation sites (tertiary alicyclic amines) is 1. The Morgan fingerprint density at radius 1 is 1.15 bits per heavy atom. The van der Waals surface area contributed by atoms with Crippen LogP contribution in [0.2, 0.25) is 5.02 Å². The average molecular weight is 394 g/mol. The first-order valence-corrected chi connectivity index (χ1v) is 10.5. The van der Waals surface area contributed by atoms with Crippen LogP contribution >= 0.6 is 11.6 Å². The van der Waals surface area contributed by atoms with Gasteiger partial charge in [0, 0.05) is 45.8 Å². The van der Waals surface area contributed by atoms with Gasteiger partial charge in [0.15, 0.2) is 0 Å².